The molecule has 9 nitrogen and oxygen atoms in total. The van der Waals surface area contributed by atoms with Gasteiger partial charge in [0.05, 0.1) is 30.1 Å². The van der Waals surface area contributed by atoms with Crippen molar-refractivity contribution in [2.24, 2.45) is 10.7 Å². The van der Waals surface area contributed by atoms with Crippen molar-refractivity contribution in [3.8, 4) is 5.75 Å². The molecule has 0 spiro atoms. The van der Waals surface area contributed by atoms with E-state index in [0.29, 0.717) is 17.7 Å². The third-order valence-corrected chi connectivity index (χ3v) is 8.67. The Morgan fingerprint density at radius 3 is 2.67 bits per heavy atom. The minimum absolute atomic E-state index is 0.0590. The summed E-state index contributed by atoms with van der Waals surface area (Å²) in [6, 6.07) is 11.8. The van der Waals surface area contributed by atoms with Gasteiger partial charge in [0.25, 0.3) is 5.91 Å². The summed E-state index contributed by atoms with van der Waals surface area (Å²) < 4.78 is 11.6. The van der Waals surface area contributed by atoms with E-state index in [1.807, 2.05) is 50.2 Å². The van der Waals surface area contributed by atoms with E-state index in [-0.39, 0.29) is 36.9 Å². The Kier molecular flexibility index (Phi) is 7.15. The van der Waals surface area contributed by atoms with Gasteiger partial charge >= 0.3 is 0 Å². The molecule has 1 aliphatic carbocycles. The van der Waals surface area contributed by atoms with Gasteiger partial charge in [-0.1, -0.05) is 38.1 Å². The van der Waals surface area contributed by atoms with Crippen LogP contribution in [0.4, 0.5) is 0 Å². The fraction of sp³-hybridized carbons (Fsp3) is 0.500. The number of carbonyl (C=O) groups is 2. The van der Waals surface area contributed by atoms with Gasteiger partial charge in [-0.15, -0.1) is 0 Å². The Labute approximate surface area is 229 Å². The van der Waals surface area contributed by atoms with Crippen molar-refractivity contribution in [3.05, 3.63) is 64.7 Å². The van der Waals surface area contributed by atoms with Crippen LogP contribution in [0, 0.1) is 0 Å². The number of benzene rings is 2. The Hall–Kier alpha value is -3.43. The number of aliphatic imine (C=N–C) groups is 1. The zero-order chi connectivity index (χ0) is 27.9. The number of hydrogen-bond acceptors (Lipinski definition) is 7. The monoisotopic (exact) mass is 534 g/mol. The fourth-order valence-electron chi connectivity index (χ4n) is 6.17. The summed E-state index contributed by atoms with van der Waals surface area (Å²) in [6.07, 6.45) is 2.89. The SMILES string of the molecule is CCC1(CC)CC(=O)N(C2c3cc(C(=O)N[C@@H]4c5ccccc5OC[C@@]4(C)O)ccc3CC[C@@H]2OC)C(N)=N1. The van der Waals surface area contributed by atoms with E-state index in [1.165, 1.54) is 0 Å². The normalized spacial score (nSPS) is 27.6. The molecular weight excluding hydrogens is 496 g/mol. The minimum Gasteiger partial charge on any atom is -0.490 e. The minimum atomic E-state index is -1.29. The number of nitrogens with two attached hydrogens (primary N) is 1. The molecule has 9 heteroatoms. The molecule has 3 aliphatic rings. The van der Waals surface area contributed by atoms with Crippen molar-refractivity contribution in [2.45, 2.75) is 82.2 Å². The van der Waals surface area contributed by atoms with Gasteiger partial charge in [0.1, 0.15) is 18.0 Å². The number of amides is 2. The maximum Gasteiger partial charge on any atom is 0.251 e. The van der Waals surface area contributed by atoms with Crippen LogP contribution >= 0.6 is 0 Å². The molecule has 2 aliphatic heterocycles. The van der Waals surface area contributed by atoms with Gasteiger partial charge in [-0.25, -0.2) is 4.99 Å². The fourth-order valence-corrected chi connectivity index (χ4v) is 6.17. The number of nitrogens with zero attached hydrogens (tertiary/aromatic N) is 2. The molecule has 39 heavy (non-hydrogen) atoms. The molecule has 2 aromatic carbocycles. The Morgan fingerprint density at radius 2 is 1.97 bits per heavy atom. The van der Waals surface area contributed by atoms with Crippen LogP contribution in [0.5, 0.6) is 5.75 Å². The van der Waals surface area contributed by atoms with E-state index in [2.05, 4.69) is 5.32 Å². The van der Waals surface area contributed by atoms with Crippen molar-refractivity contribution >= 4 is 17.8 Å². The van der Waals surface area contributed by atoms with Gasteiger partial charge in [0, 0.05) is 18.2 Å². The number of hydrogen-bond donors (Lipinski definition) is 3. The molecule has 2 aromatic rings. The van der Waals surface area contributed by atoms with Crippen molar-refractivity contribution in [2.75, 3.05) is 13.7 Å². The molecule has 0 aromatic heterocycles. The summed E-state index contributed by atoms with van der Waals surface area (Å²) in [5.41, 5.74) is 7.70. The number of nitrogens with one attached hydrogen (secondary N) is 1. The smallest absolute Gasteiger partial charge is 0.251 e. The quantitative estimate of drug-likeness (QED) is 0.521. The number of fused-ring (bicyclic) bond motifs is 2. The average Bonchev–Trinajstić information content (AvgIpc) is 2.93. The molecule has 0 fully saturated rings. The number of methoxy groups -OCH3 is 1. The average molecular weight is 535 g/mol. The number of para-hydroxylation sites is 1. The molecule has 208 valence electrons. The molecule has 0 saturated carbocycles. The molecule has 0 radical (unpaired) electrons. The van der Waals surface area contributed by atoms with Crippen molar-refractivity contribution in [3.63, 3.8) is 0 Å². The van der Waals surface area contributed by atoms with Crippen molar-refractivity contribution in [1.29, 1.82) is 0 Å². The first-order valence-electron chi connectivity index (χ1n) is 13.7. The predicted octanol–water partition coefficient (Wildman–Crippen LogP) is 3.41. The Balaban J connectivity index is 1.50. The van der Waals surface area contributed by atoms with Gasteiger partial charge in [0.2, 0.25) is 5.91 Å². The van der Waals surface area contributed by atoms with E-state index in [9.17, 15) is 14.7 Å². The molecular formula is C30H38N4O5. The van der Waals surface area contributed by atoms with Gasteiger partial charge < -0.3 is 25.6 Å². The highest BCUT2D eigenvalue weighted by Crippen LogP contribution is 2.41. The number of ether oxygens (including phenoxy) is 2. The van der Waals surface area contributed by atoms with Crippen LogP contribution in [0.25, 0.3) is 0 Å². The maximum atomic E-state index is 13.6. The topological polar surface area (TPSA) is 126 Å². The number of aryl methyl sites for hydroxylation is 1. The Bertz CT molecular complexity index is 1300. The van der Waals surface area contributed by atoms with E-state index >= 15 is 0 Å². The molecule has 0 saturated heterocycles. The first kappa shape index (κ1) is 27.1. The van der Waals surface area contributed by atoms with Crippen LogP contribution in [-0.2, 0) is 16.0 Å². The lowest BCUT2D eigenvalue weighted by molar-refractivity contribution is -0.134. The number of rotatable bonds is 6. The van der Waals surface area contributed by atoms with Crippen molar-refractivity contribution in [1.82, 2.24) is 10.2 Å². The number of guanidine groups is 1. The second kappa shape index (κ2) is 10.3. The van der Waals surface area contributed by atoms with Crippen LogP contribution < -0.4 is 15.8 Å². The van der Waals surface area contributed by atoms with E-state index in [1.54, 1.807) is 25.0 Å². The number of carbonyl (C=O) groups excluding carboxylic acids is 2. The summed E-state index contributed by atoms with van der Waals surface area (Å²) in [7, 11) is 1.63. The highest BCUT2D eigenvalue weighted by atomic mass is 16.5. The molecule has 2 amide bonds. The largest absolute Gasteiger partial charge is 0.490 e. The molecule has 0 bridgehead atoms. The Morgan fingerprint density at radius 1 is 1.23 bits per heavy atom. The molecule has 4 atom stereocenters. The predicted molar refractivity (Wildman–Crippen MR) is 147 cm³/mol. The van der Waals surface area contributed by atoms with Crippen LogP contribution in [-0.4, -0.2) is 58.7 Å². The molecule has 4 N–H and O–H groups in total. The summed E-state index contributed by atoms with van der Waals surface area (Å²) in [5.74, 6) is 0.410. The zero-order valence-electron chi connectivity index (χ0n) is 23.1. The first-order valence-corrected chi connectivity index (χ1v) is 13.7. The van der Waals surface area contributed by atoms with Gasteiger partial charge in [-0.3, -0.25) is 14.5 Å². The molecule has 5 rings (SSSR count). The van der Waals surface area contributed by atoms with Gasteiger partial charge in [-0.2, -0.15) is 0 Å². The van der Waals surface area contributed by atoms with E-state index < -0.39 is 23.2 Å². The lowest BCUT2D eigenvalue weighted by atomic mass is 9.81. The van der Waals surface area contributed by atoms with Crippen molar-refractivity contribution < 1.29 is 24.2 Å². The lowest BCUT2D eigenvalue weighted by Gasteiger charge is -2.44. The number of aliphatic hydroxyl groups is 1. The van der Waals surface area contributed by atoms with E-state index in [4.69, 9.17) is 20.2 Å². The highest BCUT2D eigenvalue weighted by molar-refractivity contribution is 6.00. The van der Waals surface area contributed by atoms with Crippen LogP contribution in [0.2, 0.25) is 0 Å². The zero-order valence-corrected chi connectivity index (χ0v) is 23.1. The van der Waals surface area contributed by atoms with E-state index in [0.717, 1.165) is 36.0 Å². The van der Waals surface area contributed by atoms with Crippen LogP contribution in [0.3, 0.4) is 0 Å². The first-order chi connectivity index (χ1) is 18.6. The summed E-state index contributed by atoms with van der Waals surface area (Å²) in [4.78, 5) is 33.5. The van der Waals surface area contributed by atoms with Crippen LogP contribution in [0.1, 0.15) is 85.6 Å². The summed E-state index contributed by atoms with van der Waals surface area (Å²) in [5, 5.41) is 14.1. The summed E-state index contributed by atoms with van der Waals surface area (Å²) in [6.45, 7) is 5.76. The molecule has 2 heterocycles. The second-order valence-electron chi connectivity index (χ2n) is 11.1. The standard InChI is InChI=1S/C30H38N4O5/c1-5-30(6-2)16-24(35)34(28(31)33-30)25-21-15-19(12-11-18(21)13-14-23(25)38-4)27(36)32-26-20-9-7-8-10-22(20)39-17-29(26,3)37/h7-12,15,23,25-26,37H,5-6,13-14,16-17H2,1-4H3,(H2,31,33)(H,32,36)/t23-,25?,26+,29+/m0/s1. The third-order valence-electron chi connectivity index (χ3n) is 8.67. The highest BCUT2D eigenvalue weighted by Gasteiger charge is 2.45. The van der Waals surface area contributed by atoms with Gasteiger partial charge in [-0.05, 0) is 61.9 Å². The molecule has 1 unspecified atom stereocenters. The van der Waals surface area contributed by atoms with Crippen LogP contribution in [0.15, 0.2) is 47.5 Å². The van der Waals surface area contributed by atoms with Gasteiger partial charge in [0.15, 0.2) is 5.96 Å². The summed E-state index contributed by atoms with van der Waals surface area (Å²) >= 11 is 0. The second-order valence-corrected chi connectivity index (χ2v) is 11.1. The lowest BCUT2D eigenvalue weighted by Crippen LogP contribution is -2.55. The maximum absolute atomic E-state index is 13.6. The third kappa shape index (κ3) is 4.78.